The lowest BCUT2D eigenvalue weighted by molar-refractivity contribution is 0.103. The van der Waals surface area contributed by atoms with Gasteiger partial charge in [-0.2, -0.15) is 5.10 Å². The third kappa shape index (κ3) is 2.39. The standard InChI is InChI=1S/C10H14N6O/c1-2-15-6-8(5-12-15)10(17)9-7-16(4-3-11)14-13-9/h5-7H,2-4,11H2,1H3. The third-order valence-electron chi connectivity index (χ3n) is 2.35. The summed E-state index contributed by atoms with van der Waals surface area (Å²) < 4.78 is 3.25. The Hall–Kier alpha value is -2.02. The van der Waals surface area contributed by atoms with Crippen LogP contribution in [-0.4, -0.2) is 37.1 Å². The van der Waals surface area contributed by atoms with Crippen LogP contribution in [-0.2, 0) is 13.1 Å². The molecule has 0 aromatic carbocycles. The number of aromatic nitrogens is 5. The molecule has 0 unspecified atom stereocenters. The van der Waals surface area contributed by atoms with Gasteiger partial charge < -0.3 is 5.73 Å². The van der Waals surface area contributed by atoms with E-state index in [1.165, 1.54) is 6.20 Å². The summed E-state index contributed by atoms with van der Waals surface area (Å²) in [7, 11) is 0. The van der Waals surface area contributed by atoms with Crippen LogP contribution in [0.2, 0.25) is 0 Å². The molecule has 0 saturated carbocycles. The molecule has 0 spiro atoms. The summed E-state index contributed by atoms with van der Waals surface area (Å²) >= 11 is 0. The Bertz CT molecular complexity index is 514. The molecule has 0 saturated heterocycles. The van der Waals surface area contributed by atoms with Gasteiger partial charge in [-0.3, -0.25) is 14.2 Å². The second-order valence-corrected chi connectivity index (χ2v) is 3.57. The van der Waals surface area contributed by atoms with Crippen LogP contribution in [0.15, 0.2) is 18.6 Å². The number of hydrogen-bond donors (Lipinski definition) is 1. The van der Waals surface area contributed by atoms with Gasteiger partial charge >= 0.3 is 0 Å². The first-order valence-electron chi connectivity index (χ1n) is 5.42. The van der Waals surface area contributed by atoms with Crippen molar-refractivity contribution in [1.29, 1.82) is 0 Å². The second kappa shape index (κ2) is 4.88. The number of carbonyl (C=O) groups is 1. The Balaban J connectivity index is 2.18. The SMILES string of the molecule is CCn1cc(C(=O)c2cn(CCN)nn2)cn1. The van der Waals surface area contributed by atoms with Crippen LogP contribution in [0.4, 0.5) is 0 Å². The lowest BCUT2D eigenvalue weighted by atomic mass is 10.2. The molecule has 0 aliphatic heterocycles. The van der Waals surface area contributed by atoms with Crippen LogP contribution in [0.1, 0.15) is 23.0 Å². The molecule has 0 bridgehead atoms. The van der Waals surface area contributed by atoms with Gasteiger partial charge in [0.25, 0.3) is 0 Å². The average Bonchev–Trinajstić information content (AvgIpc) is 2.97. The smallest absolute Gasteiger partial charge is 0.218 e. The normalized spacial score (nSPS) is 10.7. The van der Waals surface area contributed by atoms with Crippen molar-refractivity contribution in [2.24, 2.45) is 5.73 Å². The van der Waals surface area contributed by atoms with E-state index in [2.05, 4.69) is 15.4 Å². The van der Waals surface area contributed by atoms with Crippen molar-refractivity contribution >= 4 is 5.78 Å². The summed E-state index contributed by atoms with van der Waals surface area (Å²) in [6.45, 7) is 3.70. The largest absolute Gasteiger partial charge is 0.329 e. The molecule has 17 heavy (non-hydrogen) atoms. The summed E-state index contributed by atoms with van der Waals surface area (Å²) in [5.41, 5.74) is 6.23. The van der Waals surface area contributed by atoms with E-state index in [0.29, 0.717) is 24.3 Å². The number of nitrogens with two attached hydrogens (primary N) is 1. The minimum absolute atomic E-state index is 0.173. The van der Waals surface area contributed by atoms with E-state index < -0.39 is 0 Å². The Morgan fingerprint density at radius 3 is 2.88 bits per heavy atom. The molecule has 0 fully saturated rings. The Morgan fingerprint density at radius 2 is 2.24 bits per heavy atom. The fourth-order valence-electron chi connectivity index (χ4n) is 1.45. The molecule has 90 valence electrons. The Labute approximate surface area is 98.2 Å². The van der Waals surface area contributed by atoms with Crippen LogP contribution >= 0.6 is 0 Å². The van der Waals surface area contributed by atoms with E-state index in [1.54, 1.807) is 21.8 Å². The summed E-state index contributed by atoms with van der Waals surface area (Å²) in [6.07, 6.45) is 4.83. The topological polar surface area (TPSA) is 91.6 Å². The van der Waals surface area contributed by atoms with E-state index in [1.807, 2.05) is 6.92 Å². The van der Waals surface area contributed by atoms with Gasteiger partial charge in [-0.15, -0.1) is 5.10 Å². The first-order chi connectivity index (χ1) is 8.24. The van der Waals surface area contributed by atoms with E-state index in [4.69, 9.17) is 5.73 Å². The van der Waals surface area contributed by atoms with Gasteiger partial charge in [-0.05, 0) is 6.92 Å². The van der Waals surface area contributed by atoms with Crippen LogP contribution in [0, 0.1) is 0 Å². The van der Waals surface area contributed by atoms with Gasteiger partial charge in [-0.1, -0.05) is 5.21 Å². The molecule has 0 aliphatic rings. The van der Waals surface area contributed by atoms with Crippen molar-refractivity contribution in [2.75, 3.05) is 6.54 Å². The zero-order chi connectivity index (χ0) is 12.3. The molecular formula is C10H14N6O. The number of rotatable bonds is 5. The molecule has 7 nitrogen and oxygen atoms in total. The molecule has 2 aromatic heterocycles. The maximum atomic E-state index is 12.0. The van der Waals surface area contributed by atoms with Gasteiger partial charge in [0.05, 0.1) is 24.5 Å². The van der Waals surface area contributed by atoms with Crippen molar-refractivity contribution < 1.29 is 4.79 Å². The maximum Gasteiger partial charge on any atom is 0.218 e. The second-order valence-electron chi connectivity index (χ2n) is 3.57. The first kappa shape index (κ1) is 11.5. The Morgan fingerprint density at radius 1 is 1.41 bits per heavy atom. The molecule has 2 aromatic rings. The van der Waals surface area contributed by atoms with Gasteiger partial charge in [0.15, 0.2) is 5.69 Å². The van der Waals surface area contributed by atoms with Crippen molar-refractivity contribution in [2.45, 2.75) is 20.0 Å². The fourth-order valence-corrected chi connectivity index (χ4v) is 1.45. The molecule has 2 heterocycles. The minimum atomic E-state index is -0.173. The predicted octanol–water partition coefficient (Wildman–Crippen LogP) is -0.316. The first-order valence-corrected chi connectivity index (χ1v) is 5.42. The van der Waals surface area contributed by atoms with E-state index >= 15 is 0 Å². The third-order valence-corrected chi connectivity index (χ3v) is 2.35. The summed E-state index contributed by atoms with van der Waals surface area (Å²) in [4.78, 5) is 12.0. The number of aryl methyl sites for hydroxylation is 1. The molecular weight excluding hydrogens is 220 g/mol. The number of hydrogen-bond acceptors (Lipinski definition) is 5. The van der Waals surface area contributed by atoms with Crippen molar-refractivity contribution in [3.05, 3.63) is 29.8 Å². The predicted molar refractivity (Wildman–Crippen MR) is 60.4 cm³/mol. The maximum absolute atomic E-state index is 12.0. The molecule has 0 radical (unpaired) electrons. The highest BCUT2D eigenvalue weighted by Crippen LogP contribution is 2.06. The number of carbonyl (C=O) groups excluding carboxylic acids is 1. The van der Waals surface area contributed by atoms with Crippen molar-refractivity contribution in [1.82, 2.24) is 24.8 Å². The van der Waals surface area contributed by atoms with Crippen molar-refractivity contribution in [3.63, 3.8) is 0 Å². The molecule has 0 aliphatic carbocycles. The molecule has 0 amide bonds. The number of ketones is 1. The van der Waals surface area contributed by atoms with Gasteiger partial charge in [0.1, 0.15) is 0 Å². The summed E-state index contributed by atoms with van der Waals surface area (Å²) in [5.74, 6) is -0.173. The van der Waals surface area contributed by atoms with Gasteiger partial charge in [-0.25, -0.2) is 0 Å². The minimum Gasteiger partial charge on any atom is -0.329 e. The lowest BCUT2D eigenvalue weighted by Crippen LogP contribution is -2.10. The molecule has 7 heteroatoms. The molecule has 2 N–H and O–H groups in total. The molecule has 2 rings (SSSR count). The zero-order valence-electron chi connectivity index (χ0n) is 9.58. The van der Waals surface area contributed by atoms with E-state index in [0.717, 1.165) is 6.54 Å². The summed E-state index contributed by atoms with van der Waals surface area (Å²) in [5, 5.41) is 11.7. The van der Waals surface area contributed by atoms with Gasteiger partial charge in [0.2, 0.25) is 5.78 Å². The Kier molecular flexibility index (Phi) is 3.29. The zero-order valence-corrected chi connectivity index (χ0v) is 9.58. The highest BCUT2D eigenvalue weighted by molar-refractivity contribution is 6.07. The van der Waals surface area contributed by atoms with Crippen LogP contribution in [0.5, 0.6) is 0 Å². The average molecular weight is 234 g/mol. The monoisotopic (exact) mass is 234 g/mol. The van der Waals surface area contributed by atoms with E-state index in [9.17, 15) is 4.79 Å². The lowest BCUT2D eigenvalue weighted by Gasteiger charge is -1.93. The van der Waals surface area contributed by atoms with E-state index in [-0.39, 0.29) is 5.78 Å². The highest BCUT2D eigenvalue weighted by atomic mass is 16.1. The number of nitrogens with zero attached hydrogens (tertiary/aromatic N) is 5. The molecule has 0 atom stereocenters. The van der Waals surface area contributed by atoms with Crippen LogP contribution < -0.4 is 5.73 Å². The quantitative estimate of drug-likeness (QED) is 0.716. The van der Waals surface area contributed by atoms with Crippen molar-refractivity contribution in [3.8, 4) is 0 Å². The van der Waals surface area contributed by atoms with Crippen LogP contribution in [0.3, 0.4) is 0 Å². The highest BCUT2D eigenvalue weighted by Gasteiger charge is 2.14. The fraction of sp³-hybridized carbons (Fsp3) is 0.400. The summed E-state index contributed by atoms with van der Waals surface area (Å²) in [6, 6.07) is 0. The van der Waals surface area contributed by atoms with Crippen LogP contribution in [0.25, 0.3) is 0 Å². The van der Waals surface area contributed by atoms with Gasteiger partial charge in [0, 0.05) is 19.3 Å².